The molecule has 1 aromatic carbocycles. The van der Waals surface area contributed by atoms with E-state index in [1.54, 1.807) is 11.8 Å². The number of hydrogen-bond donors (Lipinski definition) is 0. The molecule has 0 N–H and O–H groups in total. The second-order valence-corrected chi connectivity index (χ2v) is 5.58. The fourth-order valence-electron chi connectivity index (χ4n) is 2.02. The summed E-state index contributed by atoms with van der Waals surface area (Å²) in [7, 11) is 1.44. The fraction of sp³-hybridized carbons (Fsp3) is 0.500. The lowest BCUT2D eigenvalue weighted by Crippen LogP contribution is -2.16. The van der Waals surface area contributed by atoms with Crippen LogP contribution in [0.2, 0.25) is 0 Å². The summed E-state index contributed by atoms with van der Waals surface area (Å²) >= 11 is 1.79. The third-order valence-corrected chi connectivity index (χ3v) is 4.46. The van der Waals surface area contributed by atoms with Gasteiger partial charge in [0.15, 0.2) is 0 Å². The number of carbonyl (C=O) groups excluding carboxylic acids is 1. The van der Waals surface area contributed by atoms with Gasteiger partial charge in [0.05, 0.1) is 19.6 Å². The third-order valence-electron chi connectivity index (χ3n) is 3.09. The number of thioether (sulfide) groups is 1. The Morgan fingerprint density at radius 3 is 3.11 bits per heavy atom. The van der Waals surface area contributed by atoms with Crippen molar-refractivity contribution in [1.82, 2.24) is 0 Å². The Morgan fingerprint density at radius 2 is 2.33 bits per heavy atom. The lowest BCUT2D eigenvalue weighted by atomic mass is 10.0. The minimum Gasteiger partial charge on any atom is -0.493 e. The highest BCUT2D eigenvalue weighted by Crippen LogP contribution is 2.35. The molecule has 1 aliphatic heterocycles. The Bertz CT molecular complexity index is 419. The first-order valence-electron chi connectivity index (χ1n) is 6.09. The van der Waals surface area contributed by atoms with Crippen LogP contribution < -0.4 is 4.74 Å². The molecule has 1 heterocycles. The van der Waals surface area contributed by atoms with Crippen molar-refractivity contribution in [3.63, 3.8) is 0 Å². The number of benzene rings is 1. The van der Waals surface area contributed by atoms with Crippen LogP contribution in [0.4, 0.5) is 0 Å². The van der Waals surface area contributed by atoms with Gasteiger partial charge < -0.3 is 9.47 Å². The number of methoxy groups -OCH3 is 1. The molecule has 98 valence electrons. The monoisotopic (exact) mass is 266 g/mol. The Hall–Kier alpha value is -1.16. The number of carbonyl (C=O) groups is 1. The summed E-state index contributed by atoms with van der Waals surface area (Å²) in [5.74, 6) is 3.05. The van der Waals surface area contributed by atoms with Crippen LogP contribution in [0.5, 0.6) is 5.75 Å². The van der Waals surface area contributed by atoms with Crippen molar-refractivity contribution >= 4 is 17.7 Å². The van der Waals surface area contributed by atoms with Gasteiger partial charge in [-0.15, -0.1) is 0 Å². The molecule has 0 saturated heterocycles. The molecule has 0 spiro atoms. The lowest BCUT2D eigenvalue weighted by Gasteiger charge is -2.11. The Kier molecular flexibility index (Phi) is 4.53. The molecule has 18 heavy (non-hydrogen) atoms. The molecular weight excluding hydrogens is 248 g/mol. The molecule has 0 fully saturated rings. The van der Waals surface area contributed by atoms with Gasteiger partial charge >= 0.3 is 5.97 Å². The fourth-order valence-corrected chi connectivity index (χ4v) is 3.21. The van der Waals surface area contributed by atoms with E-state index in [0.29, 0.717) is 5.92 Å². The second-order valence-electron chi connectivity index (χ2n) is 4.51. The van der Waals surface area contributed by atoms with Crippen molar-refractivity contribution in [1.29, 1.82) is 0 Å². The largest absolute Gasteiger partial charge is 0.493 e. The molecule has 4 heteroatoms. The Morgan fingerprint density at radius 1 is 1.56 bits per heavy atom. The number of fused-ring (bicyclic) bond motifs is 1. The van der Waals surface area contributed by atoms with Gasteiger partial charge in [-0.3, -0.25) is 4.79 Å². The van der Waals surface area contributed by atoms with Gasteiger partial charge in [-0.25, -0.2) is 0 Å². The summed E-state index contributed by atoms with van der Waals surface area (Å²) in [6, 6.07) is 8.17. The first kappa shape index (κ1) is 13.3. The molecule has 1 aliphatic rings. The van der Waals surface area contributed by atoms with E-state index in [2.05, 4.69) is 6.07 Å². The van der Waals surface area contributed by atoms with Crippen LogP contribution in [-0.4, -0.2) is 31.2 Å². The van der Waals surface area contributed by atoms with E-state index in [-0.39, 0.29) is 11.9 Å². The minimum atomic E-state index is -0.134. The molecule has 0 amide bonds. The normalized spacial score (nSPS) is 18.9. The van der Waals surface area contributed by atoms with Gasteiger partial charge in [0.25, 0.3) is 0 Å². The zero-order valence-corrected chi connectivity index (χ0v) is 11.5. The van der Waals surface area contributed by atoms with Crippen LogP contribution in [-0.2, 0) is 9.53 Å². The average Bonchev–Trinajstić information content (AvgIpc) is 2.81. The van der Waals surface area contributed by atoms with E-state index >= 15 is 0 Å². The maximum Gasteiger partial charge on any atom is 0.309 e. The molecule has 3 nitrogen and oxygen atoms in total. The summed E-state index contributed by atoms with van der Waals surface area (Å²) in [6.07, 6.45) is 0. The molecule has 0 saturated carbocycles. The molecule has 0 aromatic heterocycles. The molecular formula is C14H18O3S. The van der Waals surface area contributed by atoms with Crippen LogP contribution in [0.1, 0.15) is 18.4 Å². The molecule has 0 radical (unpaired) electrons. The molecule has 2 rings (SSSR count). The second kappa shape index (κ2) is 6.14. The van der Waals surface area contributed by atoms with Gasteiger partial charge in [0.2, 0.25) is 0 Å². The first-order chi connectivity index (χ1) is 8.72. The van der Waals surface area contributed by atoms with E-state index in [9.17, 15) is 4.79 Å². The Balaban J connectivity index is 1.81. The highest BCUT2D eigenvalue weighted by atomic mass is 32.2. The van der Waals surface area contributed by atoms with Crippen LogP contribution >= 0.6 is 11.8 Å². The maximum atomic E-state index is 11.3. The van der Waals surface area contributed by atoms with E-state index in [1.807, 2.05) is 25.1 Å². The average molecular weight is 266 g/mol. The van der Waals surface area contributed by atoms with Crippen LogP contribution in [0.15, 0.2) is 24.3 Å². The van der Waals surface area contributed by atoms with Crippen molar-refractivity contribution < 1.29 is 14.3 Å². The highest BCUT2D eigenvalue weighted by molar-refractivity contribution is 7.99. The van der Waals surface area contributed by atoms with Crippen LogP contribution in [0, 0.1) is 5.92 Å². The predicted octanol–water partition coefficient (Wildman–Crippen LogP) is 2.70. The maximum absolute atomic E-state index is 11.3. The number of ether oxygens (including phenoxy) is 2. The number of para-hydroxylation sites is 1. The first-order valence-corrected chi connectivity index (χ1v) is 7.25. The topological polar surface area (TPSA) is 35.5 Å². The predicted molar refractivity (Wildman–Crippen MR) is 73.2 cm³/mol. The number of rotatable bonds is 5. The van der Waals surface area contributed by atoms with Crippen LogP contribution in [0.3, 0.4) is 0 Å². The lowest BCUT2D eigenvalue weighted by molar-refractivity contribution is -0.143. The van der Waals surface area contributed by atoms with Gasteiger partial charge in [-0.1, -0.05) is 25.1 Å². The molecule has 1 aromatic rings. The Labute approximate surface area is 112 Å². The molecule has 0 bridgehead atoms. The third kappa shape index (κ3) is 2.99. The standard InChI is InChI=1S/C14H18O3S/c1-10(14(15)16-2)8-18-9-11-7-17-13-6-4-3-5-12(11)13/h3-6,10-11H,7-9H2,1-2H3. The molecule has 2 unspecified atom stereocenters. The van der Waals surface area contributed by atoms with Crippen molar-refractivity contribution in [2.75, 3.05) is 25.2 Å². The number of hydrogen-bond acceptors (Lipinski definition) is 4. The highest BCUT2D eigenvalue weighted by Gasteiger charge is 2.24. The zero-order chi connectivity index (χ0) is 13.0. The summed E-state index contributed by atoms with van der Waals surface area (Å²) < 4.78 is 10.3. The molecule has 2 atom stereocenters. The van der Waals surface area contributed by atoms with Gasteiger partial charge in [-0.2, -0.15) is 11.8 Å². The summed E-state index contributed by atoms with van der Waals surface area (Å²) in [5, 5.41) is 0. The smallest absolute Gasteiger partial charge is 0.309 e. The van der Waals surface area contributed by atoms with E-state index in [1.165, 1.54) is 12.7 Å². The molecule has 0 aliphatic carbocycles. The van der Waals surface area contributed by atoms with Gasteiger partial charge in [0.1, 0.15) is 5.75 Å². The van der Waals surface area contributed by atoms with Crippen molar-refractivity contribution in [3.05, 3.63) is 29.8 Å². The summed E-state index contributed by atoms with van der Waals surface area (Å²) in [4.78, 5) is 11.3. The number of esters is 1. The van der Waals surface area contributed by atoms with Crippen molar-refractivity contribution in [2.24, 2.45) is 5.92 Å². The van der Waals surface area contributed by atoms with E-state index in [0.717, 1.165) is 23.9 Å². The van der Waals surface area contributed by atoms with Crippen molar-refractivity contribution in [3.8, 4) is 5.75 Å². The van der Waals surface area contributed by atoms with Gasteiger partial charge in [-0.05, 0) is 6.07 Å². The van der Waals surface area contributed by atoms with Crippen LogP contribution in [0.25, 0.3) is 0 Å². The minimum absolute atomic E-state index is 0.0439. The zero-order valence-electron chi connectivity index (χ0n) is 10.7. The van der Waals surface area contributed by atoms with Crippen molar-refractivity contribution in [2.45, 2.75) is 12.8 Å². The van der Waals surface area contributed by atoms with Gasteiger partial charge in [0, 0.05) is 23.0 Å². The summed E-state index contributed by atoms with van der Waals surface area (Å²) in [6.45, 7) is 2.65. The van der Waals surface area contributed by atoms with E-state index < -0.39 is 0 Å². The quantitative estimate of drug-likeness (QED) is 0.768. The SMILES string of the molecule is COC(=O)C(C)CSCC1COc2ccccc21. The summed E-state index contributed by atoms with van der Waals surface area (Å²) in [5.41, 5.74) is 1.29. The van der Waals surface area contributed by atoms with E-state index in [4.69, 9.17) is 9.47 Å².